The fourth-order valence-corrected chi connectivity index (χ4v) is 2.78. The summed E-state index contributed by atoms with van der Waals surface area (Å²) in [4.78, 5) is 16.8. The predicted octanol–water partition coefficient (Wildman–Crippen LogP) is 3.76. The topological polar surface area (TPSA) is 44.1 Å². The van der Waals surface area contributed by atoms with Gasteiger partial charge >= 0.3 is 0 Å². The highest BCUT2D eigenvalue weighted by atomic mass is 35.5. The van der Waals surface area contributed by atoms with E-state index in [2.05, 4.69) is 4.98 Å². The molecule has 0 bridgehead atoms. The summed E-state index contributed by atoms with van der Waals surface area (Å²) in [6.07, 6.45) is 1.49. The maximum absolute atomic E-state index is 12.5. The molecule has 1 aromatic heterocycles. The van der Waals surface area contributed by atoms with Crippen LogP contribution in [0.4, 0.5) is 0 Å². The number of rotatable bonds is 3. The van der Waals surface area contributed by atoms with E-state index < -0.39 is 0 Å². The average Bonchev–Trinajstić information content (AvgIpc) is 2.51. The van der Waals surface area contributed by atoms with Crippen molar-refractivity contribution in [1.29, 1.82) is 0 Å². The number of aromatic nitrogens is 2. The Morgan fingerprint density at radius 3 is 2.59 bits per heavy atom. The second-order valence-electron chi connectivity index (χ2n) is 4.81. The summed E-state index contributed by atoms with van der Waals surface area (Å²) in [6, 6.07) is 10.7. The second-order valence-corrected chi connectivity index (χ2v) is 5.65. The Morgan fingerprint density at radius 1 is 1.18 bits per heavy atom. The number of hydrogen-bond acceptors (Lipinski definition) is 3. The van der Waals surface area contributed by atoms with Gasteiger partial charge in [0.25, 0.3) is 5.56 Å². The minimum atomic E-state index is -0.176. The Balaban J connectivity index is 2.04. The maximum Gasteiger partial charge on any atom is 0.261 e. The molecule has 6 heteroatoms. The molecule has 0 atom stereocenters. The standard InChI is InChI=1S/C16H12Cl2N2O2/c1-22-12-4-2-10(3-5-12)8-20-9-19-15-13(16(20)21)6-11(17)7-14(15)18/h2-7,9H,8H2,1H3. The first kappa shape index (κ1) is 14.9. The van der Waals surface area contributed by atoms with Crippen LogP contribution in [0, 0.1) is 0 Å². The van der Waals surface area contributed by atoms with E-state index in [1.54, 1.807) is 19.2 Å². The van der Waals surface area contributed by atoms with Gasteiger partial charge in [0.2, 0.25) is 0 Å². The molecule has 0 spiro atoms. The van der Waals surface area contributed by atoms with Crippen molar-refractivity contribution in [3.8, 4) is 5.75 Å². The van der Waals surface area contributed by atoms with Crippen LogP contribution < -0.4 is 10.3 Å². The lowest BCUT2D eigenvalue weighted by Crippen LogP contribution is -2.21. The number of methoxy groups -OCH3 is 1. The summed E-state index contributed by atoms with van der Waals surface area (Å²) in [5.41, 5.74) is 1.25. The van der Waals surface area contributed by atoms with Crippen molar-refractivity contribution >= 4 is 34.1 Å². The zero-order valence-electron chi connectivity index (χ0n) is 11.7. The number of hydrogen-bond donors (Lipinski definition) is 0. The third-order valence-electron chi connectivity index (χ3n) is 3.36. The summed E-state index contributed by atoms with van der Waals surface area (Å²) < 4.78 is 6.64. The lowest BCUT2D eigenvalue weighted by Gasteiger charge is -2.08. The monoisotopic (exact) mass is 334 g/mol. The van der Waals surface area contributed by atoms with Gasteiger partial charge in [-0.1, -0.05) is 35.3 Å². The van der Waals surface area contributed by atoms with Crippen LogP contribution in [0.1, 0.15) is 5.56 Å². The zero-order valence-corrected chi connectivity index (χ0v) is 13.2. The van der Waals surface area contributed by atoms with E-state index in [4.69, 9.17) is 27.9 Å². The van der Waals surface area contributed by atoms with Gasteiger partial charge in [0.05, 0.1) is 35.9 Å². The Kier molecular flexibility index (Phi) is 4.05. The first-order valence-electron chi connectivity index (χ1n) is 6.55. The molecule has 4 nitrogen and oxygen atoms in total. The van der Waals surface area contributed by atoms with Gasteiger partial charge in [-0.15, -0.1) is 0 Å². The third kappa shape index (κ3) is 2.80. The number of nitrogens with zero attached hydrogens (tertiary/aromatic N) is 2. The minimum Gasteiger partial charge on any atom is -0.497 e. The van der Waals surface area contributed by atoms with Gasteiger partial charge < -0.3 is 4.74 Å². The van der Waals surface area contributed by atoms with Gasteiger partial charge in [0, 0.05) is 5.02 Å². The minimum absolute atomic E-state index is 0.176. The van der Waals surface area contributed by atoms with Crippen LogP contribution in [-0.2, 0) is 6.54 Å². The normalized spacial score (nSPS) is 10.9. The molecule has 0 fully saturated rings. The maximum atomic E-state index is 12.5. The van der Waals surface area contributed by atoms with E-state index >= 15 is 0 Å². The highest BCUT2D eigenvalue weighted by Crippen LogP contribution is 2.24. The van der Waals surface area contributed by atoms with E-state index in [-0.39, 0.29) is 5.56 Å². The number of halogens is 2. The number of fused-ring (bicyclic) bond motifs is 1. The van der Waals surface area contributed by atoms with E-state index in [1.807, 2.05) is 24.3 Å². The zero-order chi connectivity index (χ0) is 15.7. The van der Waals surface area contributed by atoms with Crippen molar-refractivity contribution in [2.24, 2.45) is 0 Å². The third-order valence-corrected chi connectivity index (χ3v) is 3.86. The van der Waals surface area contributed by atoms with E-state index in [1.165, 1.54) is 10.9 Å². The molecule has 2 aromatic carbocycles. The number of ether oxygens (including phenoxy) is 1. The van der Waals surface area contributed by atoms with Crippen LogP contribution in [-0.4, -0.2) is 16.7 Å². The van der Waals surface area contributed by atoms with Gasteiger partial charge in [0.15, 0.2) is 0 Å². The van der Waals surface area contributed by atoms with Crippen LogP contribution in [0.5, 0.6) is 5.75 Å². The lowest BCUT2D eigenvalue weighted by molar-refractivity contribution is 0.414. The van der Waals surface area contributed by atoms with Gasteiger partial charge in [-0.2, -0.15) is 0 Å². The summed E-state index contributed by atoms with van der Waals surface area (Å²) >= 11 is 12.0. The molecule has 0 saturated heterocycles. The van der Waals surface area contributed by atoms with Crippen LogP contribution >= 0.6 is 23.2 Å². The van der Waals surface area contributed by atoms with Crippen LogP contribution in [0.15, 0.2) is 47.5 Å². The largest absolute Gasteiger partial charge is 0.497 e. The Bertz CT molecular complexity index is 889. The molecular weight excluding hydrogens is 323 g/mol. The SMILES string of the molecule is COc1ccc(Cn2cnc3c(Cl)cc(Cl)cc3c2=O)cc1. The highest BCUT2D eigenvalue weighted by molar-refractivity contribution is 6.38. The van der Waals surface area contributed by atoms with Crippen molar-refractivity contribution in [1.82, 2.24) is 9.55 Å². The summed E-state index contributed by atoms with van der Waals surface area (Å²) in [7, 11) is 1.61. The molecular formula is C16H12Cl2N2O2. The summed E-state index contributed by atoms with van der Waals surface area (Å²) in [5.74, 6) is 0.770. The second kappa shape index (κ2) is 5.99. The van der Waals surface area contributed by atoms with Crippen LogP contribution in [0.25, 0.3) is 10.9 Å². The summed E-state index contributed by atoms with van der Waals surface area (Å²) in [6.45, 7) is 0.413. The van der Waals surface area contributed by atoms with Crippen LogP contribution in [0.2, 0.25) is 10.0 Å². The molecule has 1 heterocycles. The van der Waals surface area contributed by atoms with E-state index in [0.717, 1.165) is 11.3 Å². The lowest BCUT2D eigenvalue weighted by atomic mass is 10.2. The molecule has 0 N–H and O–H groups in total. The van der Waals surface area contributed by atoms with Gasteiger partial charge in [-0.05, 0) is 29.8 Å². The Labute approximate surface area is 136 Å². The molecule has 22 heavy (non-hydrogen) atoms. The van der Waals surface area contributed by atoms with Gasteiger partial charge in [0.1, 0.15) is 5.75 Å². The molecule has 0 saturated carbocycles. The quantitative estimate of drug-likeness (QED) is 0.732. The van der Waals surface area contributed by atoms with Crippen molar-refractivity contribution in [3.63, 3.8) is 0 Å². The first-order valence-corrected chi connectivity index (χ1v) is 7.31. The molecule has 0 radical (unpaired) electrons. The Hall–Kier alpha value is -2.04. The first-order chi connectivity index (χ1) is 10.6. The van der Waals surface area contributed by atoms with E-state index in [9.17, 15) is 4.79 Å². The molecule has 0 amide bonds. The van der Waals surface area contributed by atoms with Gasteiger partial charge in [-0.3, -0.25) is 9.36 Å². The van der Waals surface area contributed by atoms with Crippen molar-refractivity contribution < 1.29 is 4.74 Å². The fourth-order valence-electron chi connectivity index (χ4n) is 2.24. The van der Waals surface area contributed by atoms with E-state index in [0.29, 0.717) is 27.5 Å². The van der Waals surface area contributed by atoms with Crippen molar-refractivity contribution in [2.45, 2.75) is 6.54 Å². The predicted molar refractivity (Wildman–Crippen MR) is 88.1 cm³/mol. The van der Waals surface area contributed by atoms with Crippen molar-refractivity contribution in [3.05, 3.63) is 68.7 Å². The fraction of sp³-hybridized carbons (Fsp3) is 0.125. The summed E-state index contributed by atoms with van der Waals surface area (Å²) in [5, 5.41) is 1.20. The average molecular weight is 335 g/mol. The molecule has 3 aromatic rings. The molecule has 0 aliphatic heterocycles. The highest BCUT2D eigenvalue weighted by Gasteiger charge is 2.09. The molecule has 112 valence electrons. The Morgan fingerprint density at radius 2 is 1.91 bits per heavy atom. The molecule has 0 aliphatic carbocycles. The van der Waals surface area contributed by atoms with Crippen molar-refractivity contribution in [2.75, 3.05) is 7.11 Å². The number of benzene rings is 2. The van der Waals surface area contributed by atoms with Crippen LogP contribution in [0.3, 0.4) is 0 Å². The smallest absolute Gasteiger partial charge is 0.261 e. The molecule has 3 rings (SSSR count). The molecule has 0 unspecified atom stereocenters. The van der Waals surface area contributed by atoms with Gasteiger partial charge in [-0.25, -0.2) is 4.98 Å². The molecule has 0 aliphatic rings.